The Kier molecular flexibility index (Phi) is 6.90. The SMILES string of the molecule is [O-][Cl+3]([O-])([O-])[O-].c1ccc(C[NH+]2C[C@H]3CSC[C@@H](C2)C32SCCS2)cc1. The summed E-state index contributed by atoms with van der Waals surface area (Å²) >= 11 is 6.82. The topological polar surface area (TPSA) is 96.7 Å². The van der Waals surface area contributed by atoms with Crippen molar-refractivity contribution in [3.05, 3.63) is 35.9 Å². The summed E-state index contributed by atoms with van der Waals surface area (Å²) in [5, 5.41) is 0. The smallest absolute Gasteiger partial charge is 0.103 e. The number of hydrogen-bond donors (Lipinski definition) is 1. The molecule has 0 aliphatic carbocycles. The maximum atomic E-state index is 8.49. The van der Waals surface area contributed by atoms with Crippen molar-refractivity contribution in [3.8, 4) is 0 Å². The van der Waals surface area contributed by atoms with E-state index in [9.17, 15) is 0 Å². The standard InChI is InChI=1S/C16H21NS3.ClHO4/c1-2-4-13(5-3-1)8-17-9-14-11-18-12-15(10-17)16(14)19-6-7-20-16;2-1(3,4)5/h1-5,14-15H,6-12H2;(H,2,3,4,5)/t14-,15+;. The molecule has 3 saturated heterocycles. The average molecular weight is 424 g/mol. The summed E-state index contributed by atoms with van der Waals surface area (Å²) in [6.07, 6.45) is 0. The summed E-state index contributed by atoms with van der Waals surface area (Å²) in [7, 11) is -4.94. The molecule has 25 heavy (non-hydrogen) atoms. The summed E-state index contributed by atoms with van der Waals surface area (Å²) in [6, 6.07) is 11.1. The number of piperidine rings is 1. The van der Waals surface area contributed by atoms with Crippen molar-refractivity contribution >= 4 is 35.3 Å². The van der Waals surface area contributed by atoms with E-state index in [-0.39, 0.29) is 0 Å². The van der Waals surface area contributed by atoms with Crippen LogP contribution in [0.2, 0.25) is 0 Å². The summed E-state index contributed by atoms with van der Waals surface area (Å²) < 4.78 is 34.6. The molecule has 0 aromatic heterocycles. The molecule has 2 bridgehead atoms. The molecule has 0 saturated carbocycles. The monoisotopic (exact) mass is 423 g/mol. The largest absolute Gasteiger partial charge is 0.331 e. The van der Waals surface area contributed by atoms with Crippen LogP contribution in [0.4, 0.5) is 0 Å². The van der Waals surface area contributed by atoms with Gasteiger partial charge in [0, 0.05) is 40.4 Å². The third kappa shape index (κ3) is 5.43. The first-order valence-electron chi connectivity index (χ1n) is 8.22. The Hall–Kier alpha value is 0.360. The summed E-state index contributed by atoms with van der Waals surface area (Å²) in [6.45, 7) is 4.00. The minimum absolute atomic E-state index is 0.603. The first-order chi connectivity index (χ1) is 11.9. The van der Waals surface area contributed by atoms with Gasteiger partial charge in [-0.25, -0.2) is 18.6 Å². The van der Waals surface area contributed by atoms with Crippen LogP contribution in [0.1, 0.15) is 5.56 Å². The minimum Gasteiger partial charge on any atom is -0.331 e. The lowest BCUT2D eigenvalue weighted by Gasteiger charge is -2.50. The van der Waals surface area contributed by atoms with Crippen LogP contribution < -0.4 is 23.5 Å². The third-order valence-electron chi connectivity index (χ3n) is 4.88. The quantitative estimate of drug-likeness (QED) is 0.561. The van der Waals surface area contributed by atoms with Crippen molar-refractivity contribution < 1.29 is 33.8 Å². The Bertz CT molecular complexity index is 532. The molecule has 3 atom stereocenters. The molecule has 9 heteroatoms. The van der Waals surface area contributed by atoms with Crippen molar-refractivity contribution in [2.24, 2.45) is 11.8 Å². The zero-order chi connectivity index (χ0) is 17.9. The van der Waals surface area contributed by atoms with Crippen molar-refractivity contribution in [2.45, 2.75) is 10.6 Å². The van der Waals surface area contributed by atoms with Crippen molar-refractivity contribution in [2.75, 3.05) is 36.1 Å². The molecule has 3 fully saturated rings. The van der Waals surface area contributed by atoms with E-state index in [2.05, 4.69) is 65.6 Å². The summed E-state index contributed by atoms with van der Waals surface area (Å²) in [5.74, 6) is 7.42. The lowest BCUT2D eigenvalue weighted by atomic mass is 9.89. The van der Waals surface area contributed by atoms with Gasteiger partial charge >= 0.3 is 0 Å². The number of benzene rings is 1. The van der Waals surface area contributed by atoms with E-state index in [4.69, 9.17) is 18.6 Å². The summed E-state index contributed by atoms with van der Waals surface area (Å²) in [5.41, 5.74) is 1.51. The highest BCUT2D eigenvalue weighted by molar-refractivity contribution is 8.21. The fourth-order valence-corrected chi connectivity index (χ4v) is 9.68. The van der Waals surface area contributed by atoms with Crippen LogP contribution in [0.5, 0.6) is 0 Å². The predicted molar refractivity (Wildman–Crippen MR) is 92.8 cm³/mol. The summed E-state index contributed by atoms with van der Waals surface area (Å²) in [4.78, 5) is 1.82. The predicted octanol–water partition coefficient (Wildman–Crippen LogP) is -2.52. The zero-order valence-corrected chi connectivity index (χ0v) is 16.9. The van der Waals surface area contributed by atoms with Gasteiger partial charge in [0.25, 0.3) is 0 Å². The molecule has 1 unspecified atom stereocenters. The number of hydrogen-bond acceptors (Lipinski definition) is 7. The number of quaternary nitrogens is 1. The molecule has 0 radical (unpaired) electrons. The van der Waals surface area contributed by atoms with Gasteiger partial charge in [-0.05, 0) is 0 Å². The van der Waals surface area contributed by atoms with Gasteiger partial charge < -0.3 is 4.90 Å². The average Bonchev–Trinajstić information content (AvgIpc) is 2.98. The molecule has 1 aromatic rings. The molecule has 1 aromatic carbocycles. The van der Waals surface area contributed by atoms with Crippen molar-refractivity contribution in [1.82, 2.24) is 0 Å². The van der Waals surface area contributed by atoms with E-state index in [1.54, 1.807) is 0 Å². The van der Waals surface area contributed by atoms with E-state index in [0.29, 0.717) is 4.08 Å². The zero-order valence-electron chi connectivity index (χ0n) is 13.7. The van der Waals surface area contributed by atoms with Crippen molar-refractivity contribution in [1.29, 1.82) is 0 Å². The van der Waals surface area contributed by atoms with Crippen LogP contribution in [0.25, 0.3) is 0 Å². The maximum absolute atomic E-state index is 8.49. The van der Waals surface area contributed by atoms with E-state index in [1.807, 2.05) is 4.90 Å². The number of halogens is 1. The van der Waals surface area contributed by atoms with Gasteiger partial charge in [0.15, 0.2) is 0 Å². The number of thioether (sulfide) groups is 3. The van der Waals surface area contributed by atoms with Crippen LogP contribution in [0.15, 0.2) is 30.3 Å². The Morgan fingerprint density at radius 1 is 0.960 bits per heavy atom. The number of rotatable bonds is 2. The van der Waals surface area contributed by atoms with Gasteiger partial charge in [0.05, 0.1) is 17.2 Å². The van der Waals surface area contributed by atoms with Gasteiger partial charge in [-0.3, -0.25) is 0 Å². The fourth-order valence-electron chi connectivity index (χ4n) is 4.05. The number of likely N-dealkylation sites (tertiary alicyclic amines) is 1. The second-order valence-electron chi connectivity index (χ2n) is 6.55. The molecule has 3 aliphatic heterocycles. The molecule has 4 rings (SSSR count). The Morgan fingerprint density at radius 3 is 2.00 bits per heavy atom. The van der Waals surface area contributed by atoms with E-state index in [1.165, 1.54) is 48.2 Å². The molecule has 0 amide bonds. The van der Waals surface area contributed by atoms with E-state index < -0.39 is 10.2 Å². The van der Waals surface area contributed by atoms with Crippen molar-refractivity contribution in [3.63, 3.8) is 0 Å². The van der Waals surface area contributed by atoms with Gasteiger partial charge in [0.1, 0.15) is 6.54 Å². The van der Waals surface area contributed by atoms with Gasteiger partial charge in [-0.15, -0.1) is 33.8 Å². The van der Waals surface area contributed by atoms with Crippen LogP contribution >= 0.6 is 35.3 Å². The van der Waals surface area contributed by atoms with Crippen LogP contribution in [0, 0.1) is 22.1 Å². The Balaban J connectivity index is 0.000000324. The van der Waals surface area contributed by atoms with Gasteiger partial charge in [-0.2, -0.15) is 11.8 Å². The Labute approximate surface area is 163 Å². The third-order valence-corrected chi connectivity index (χ3v) is 10.2. The number of nitrogens with one attached hydrogen (secondary N) is 1. The highest BCUT2D eigenvalue weighted by atomic mass is 35.7. The van der Waals surface area contributed by atoms with Crippen LogP contribution in [-0.2, 0) is 6.54 Å². The molecule has 5 nitrogen and oxygen atoms in total. The maximum Gasteiger partial charge on any atom is 0.103 e. The van der Waals surface area contributed by atoms with Crippen LogP contribution in [0.3, 0.4) is 0 Å². The van der Waals surface area contributed by atoms with Gasteiger partial charge in [0.2, 0.25) is 0 Å². The fraction of sp³-hybridized carbons (Fsp3) is 0.625. The van der Waals surface area contributed by atoms with E-state index >= 15 is 0 Å². The molecular formula is C16H22ClNO4S3. The Morgan fingerprint density at radius 2 is 1.48 bits per heavy atom. The molecular weight excluding hydrogens is 402 g/mol. The first-order valence-corrected chi connectivity index (χ1v) is 12.6. The lowest BCUT2D eigenvalue weighted by molar-refractivity contribution is -2.00. The normalized spacial score (nSPS) is 30.6. The molecule has 140 valence electrons. The second-order valence-corrected chi connectivity index (χ2v) is 11.4. The van der Waals surface area contributed by atoms with Crippen LogP contribution in [-0.4, -0.2) is 40.2 Å². The minimum atomic E-state index is -4.94. The van der Waals surface area contributed by atoms with E-state index in [0.717, 1.165) is 11.8 Å². The molecule has 3 aliphatic rings. The highest BCUT2D eigenvalue weighted by Gasteiger charge is 2.56. The highest BCUT2D eigenvalue weighted by Crippen LogP contribution is 2.57. The molecule has 1 spiro atoms. The molecule has 1 N–H and O–H groups in total. The molecule has 3 heterocycles. The lowest BCUT2D eigenvalue weighted by Crippen LogP contribution is -3.14. The van der Waals surface area contributed by atoms with Gasteiger partial charge in [-0.1, -0.05) is 30.3 Å². The second kappa shape index (κ2) is 8.58. The first kappa shape index (κ1) is 20.1.